The van der Waals surface area contributed by atoms with Crippen molar-refractivity contribution in [1.82, 2.24) is 0 Å². The van der Waals surface area contributed by atoms with Gasteiger partial charge in [-0.05, 0) is 28.3 Å². The highest BCUT2D eigenvalue weighted by molar-refractivity contribution is 6.99. The molecule has 2 unspecified atom stereocenters. The van der Waals surface area contributed by atoms with Crippen LogP contribution in [0.1, 0.15) is 33.6 Å². The molecule has 26 heavy (non-hydrogen) atoms. The average molecular weight is 371 g/mol. The van der Waals surface area contributed by atoms with E-state index in [0.717, 1.165) is 12.8 Å². The fourth-order valence-corrected chi connectivity index (χ4v) is 8.49. The molecule has 3 nitrogen and oxygen atoms in total. The molecule has 0 amide bonds. The Morgan fingerprint density at radius 1 is 0.962 bits per heavy atom. The van der Waals surface area contributed by atoms with Crippen LogP contribution in [0.3, 0.4) is 0 Å². The molecule has 0 aliphatic carbocycles. The van der Waals surface area contributed by atoms with Crippen LogP contribution in [0.15, 0.2) is 60.7 Å². The van der Waals surface area contributed by atoms with Crippen LogP contribution in [0, 0.1) is 0 Å². The van der Waals surface area contributed by atoms with Crippen LogP contribution in [0.2, 0.25) is 5.04 Å². The summed E-state index contributed by atoms with van der Waals surface area (Å²) in [6, 6.07) is 21.3. The molecule has 1 saturated heterocycles. The van der Waals surface area contributed by atoms with E-state index >= 15 is 0 Å². The molecule has 2 atom stereocenters. The molecule has 2 aromatic carbocycles. The molecule has 0 radical (unpaired) electrons. The van der Waals surface area contributed by atoms with Gasteiger partial charge in [-0.2, -0.15) is 0 Å². The fraction of sp³-hybridized carbons (Fsp3) is 0.455. The van der Waals surface area contributed by atoms with Gasteiger partial charge in [-0.3, -0.25) is 0 Å². The summed E-state index contributed by atoms with van der Waals surface area (Å²) < 4.78 is 12.7. The molecule has 0 spiro atoms. The van der Waals surface area contributed by atoms with Gasteiger partial charge in [-0.25, -0.2) is 0 Å². The van der Waals surface area contributed by atoms with Gasteiger partial charge in [0.25, 0.3) is 8.32 Å². The maximum Gasteiger partial charge on any atom is 0.261 e. The summed E-state index contributed by atoms with van der Waals surface area (Å²) in [5, 5.41) is 12.2. The Balaban J connectivity index is 1.97. The number of aliphatic hydroxyl groups is 1. The lowest BCUT2D eigenvalue weighted by Crippen LogP contribution is -2.67. The van der Waals surface area contributed by atoms with Gasteiger partial charge in [0.15, 0.2) is 0 Å². The third-order valence-electron chi connectivity index (χ3n) is 5.25. The van der Waals surface area contributed by atoms with E-state index in [0.29, 0.717) is 13.2 Å². The summed E-state index contributed by atoms with van der Waals surface area (Å²) in [4.78, 5) is 0. The minimum absolute atomic E-state index is 0.0239. The second-order valence-corrected chi connectivity index (χ2v) is 12.5. The standard InChI is InChI=1S/C22H30O3Si/c1-22(2,3)26(20-10-6-4-7-11-20,21-12-8-5-9-13-21)25-17-19-15-14-18(23)16-24-19/h4-13,18-19,23H,14-17H2,1-3H3. The van der Waals surface area contributed by atoms with Crippen molar-refractivity contribution in [3.63, 3.8) is 0 Å². The topological polar surface area (TPSA) is 38.7 Å². The molecule has 0 bridgehead atoms. The van der Waals surface area contributed by atoms with E-state index in [4.69, 9.17) is 9.16 Å². The van der Waals surface area contributed by atoms with Gasteiger partial charge in [-0.1, -0.05) is 81.4 Å². The van der Waals surface area contributed by atoms with Crippen molar-refractivity contribution in [3.8, 4) is 0 Å². The van der Waals surface area contributed by atoms with Crippen molar-refractivity contribution in [2.75, 3.05) is 13.2 Å². The van der Waals surface area contributed by atoms with Crippen molar-refractivity contribution in [3.05, 3.63) is 60.7 Å². The Kier molecular flexibility index (Phi) is 5.98. The quantitative estimate of drug-likeness (QED) is 0.822. The van der Waals surface area contributed by atoms with Gasteiger partial charge in [0.05, 0.1) is 25.4 Å². The lowest BCUT2D eigenvalue weighted by Gasteiger charge is -2.44. The third-order valence-corrected chi connectivity index (χ3v) is 10.3. The molecule has 0 aromatic heterocycles. The van der Waals surface area contributed by atoms with E-state index in [-0.39, 0.29) is 17.2 Å². The van der Waals surface area contributed by atoms with Crippen molar-refractivity contribution in [2.24, 2.45) is 0 Å². The molecule has 2 aromatic rings. The Labute approximate surface area is 158 Å². The van der Waals surface area contributed by atoms with E-state index in [9.17, 15) is 5.11 Å². The van der Waals surface area contributed by atoms with E-state index in [1.807, 2.05) is 0 Å². The predicted octanol–water partition coefficient (Wildman–Crippen LogP) is 3.10. The van der Waals surface area contributed by atoms with Gasteiger partial charge in [-0.15, -0.1) is 0 Å². The van der Waals surface area contributed by atoms with Gasteiger partial charge in [0.2, 0.25) is 0 Å². The number of hydrogen-bond acceptors (Lipinski definition) is 3. The van der Waals surface area contributed by atoms with Gasteiger partial charge in [0.1, 0.15) is 0 Å². The highest BCUT2D eigenvalue weighted by atomic mass is 28.4. The number of rotatable bonds is 5. The molecule has 0 saturated carbocycles. The molecule has 3 rings (SSSR count). The SMILES string of the molecule is CC(C)(C)[Si](OCC1CCC(O)CO1)(c1ccccc1)c1ccccc1. The summed E-state index contributed by atoms with van der Waals surface area (Å²) in [7, 11) is -2.49. The first-order valence-electron chi connectivity index (χ1n) is 9.48. The third kappa shape index (κ3) is 3.94. The van der Waals surface area contributed by atoms with Crippen LogP contribution in [0.25, 0.3) is 0 Å². The molecule has 1 N–H and O–H groups in total. The lowest BCUT2D eigenvalue weighted by atomic mass is 10.1. The maximum atomic E-state index is 9.68. The van der Waals surface area contributed by atoms with Crippen LogP contribution in [-0.4, -0.2) is 38.8 Å². The number of benzene rings is 2. The Morgan fingerprint density at radius 3 is 1.92 bits per heavy atom. The van der Waals surface area contributed by atoms with Gasteiger partial charge < -0.3 is 14.3 Å². The Hall–Kier alpha value is -1.46. The zero-order valence-electron chi connectivity index (χ0n) is 16.0. The van der Waals surface area contributed by atoms with Crippen molar-refractivity contribution < 1.29 is 14.3 Å². The van der Waals surface area contributed by atoms with E-state index in [1.165, 1.54) is 10.4 Å². The van der Waals surface area contributed by atoms with E-state index in [1.54, 1.807) is 0 Å². The summed E-state index contributed by atoms with van der Waals surface area (Å²) in [6.45, 7) is 7.83. The van der Waals surface area contributed by atoms with Crippen LogP contribution in [-0.2, 0) is 9.16 Å². The van der Waals surface area contributed by atoms with Crippen LogP contribution >= 0.6 is 0 Å². The summed E-state index contributed by atoms with van der Waals surface area (Å²) in [5.74, 6) is 0. The molecular formula is C22H30O3Si. The van der Waals surface area contributed by atoms with Crippen LogP contribution in [0.5, 0.6) is 0 Å². The van der Waals surface area contributed by atoms with E-state index in [2.05, 4.69) is 81.4 Å². The number of ether oxygens (including phenoxy) is 1. The summed E-state index contributed by atoms with van der Waals surface area (Å²) in [6.07, 6.45) is 1.35. The molecule has 1 aliphatic rings. The van der Waals surface area contributed by atoms with Crippen molar-refractivity contribution in [1.29, 1.82) is 0 Å². The van der Waals surface area contributed by atoms with E-state index < -0.39 is 8.32 Å². The predicted molar refractivity (Wildman–Crippen MR) is 109 cm³/mol. The second-order valence-electron chi connectivity index (χ2n) is 8.16. The first-order chi connectivity index (χ1) is 12.4. The molecule has 4 heteroatoms. The molecule has 140 valence electrons. The van der Waals surface area contributed by atoms with Crippen LogP contribution in [0.4, 0.5) is 0 Å². The Morgan fingerprint density at radius 2 is 1.50 bits per heavy atom. The largest absolute Gasteiger partial charge is 0.405 e. The van der Waals surface area contributed by atoms with Crippen LogP contribution < -0.4 is 10.4 Å². The zero-order chi connectivity index (χ0) is 18.6. The zero-order valence-corrected chi connectivity index (χ0v) is 17.0. The number of hydrogen-bond donors (Lipinski definition) is 1. The fourth-order valence-electron chi connectivity index (χ4n) is 3.90. The molecule has 1 aliphatic heterocycles. The minimum Gasteiger partial charge on any atom is -0.405 e. The van der Waals surface area contributed by atoms with Crippen molar-refractivity contribution >= 4 is 18.7 Å². The Bertz CT molecular complexity index is 634. The lowest BCUT2D eigenvalue weighted by molar-refractivity contribution is -0.0709. The maximum absolute atomic E-state index is 9.68. The highest BCUT2D eigenvalue weighted by Crippen LogP contribution is 2.37. The molecule has 1 fully saturated rings. The molecule has 1 heterocycles. The summed E-state index contributed by atoms with van der Waals surface area (Å²) in [5.41, 5.74) is 0. The smallest absolute Gasteiger partial charge is 0.261 e. The first-order valence-corrected chi connectivity index (χ1v) is 11.4. The molecular weight excluding hydrogens is 340 g/mol. The minimum atomic E-state index is -2.49. The average Bonchev–Trinajstić information content (AvgIpc) is 2.64. The number of aliphatic hydroxyl groups excluding tert-OH is 1. The highest BCUT2D eigenvalue weighted by Gasteiger charge is 2.50. The van der Waals surface area contributed by atoms with Gasteiger partial charge in [0, 0.05) is 0 Å². The second kappa shape index (κ2) is 8.05. The van der Waals surface area contributed by atoms with Gasteiger partial charge >= 0.3 is 0 Å². The van der Waals surface area contributed by atoms with Crippen molar-refractivity contribution in [2.45, 2.75) is 50.9 Å². The first kappa shape index (κ1) is 19.3. The monoisotopic (exact) mass is 370 g/mol. The normalized spacial score (nSPS) is 21.5. The summed E-state index contributed by atoms with van der Waals surface area (Å²) >= 11 is 0.